The molecular formula is C16H11N3O5S. The second-order valence-corrected chi connectivity index (χ2v) is 6.38. The summed E-state index contributed by atoms with van der Waals surface area (Å²) in [5.74, 6) is 0.814. The topological polar surface area (TPSA) is 104 Å². The van der Waals surface area contributed by atoms with Crippen LogP contribution < -0.4 is 14.8 Å². The van der Waals surface area contributed by atoms with Crippen LogP contribution in [-0.2, 0) is 0 Å². The third-order valence-electron chi connectivity index (χ3n) is 3.85. The summed E-state index contributed by atoms with van der Waals surface area (Å²) in [6.45, 7) is 1.73. The maximum Gasteiger partial charge on any atom is 0.273 e. The van der Waals surface area contributed by atoms with Gasteiger partial charge in [0.15, 0.2) is 16.6 Å². The van der Waals surface area contributed by atoms with Crippen molar-refractivity contribution >= 4 is 38.3 Å². The fraction of sp³-hybridized carbons (Fsp3) is 0.125. The lowest BCUT2D eigenvalue weighted by molar-refractivity contribution is -0.385. The van der Waals surface area contributed by atoms with Gasteiger partial charge in [-0.25, -0.2) is 4.98 Å². The molecule has 126 valence electrons. The highest BCUT2D eigenvalue weighted by molar-refractivity contribution is 7.22. The lowest BCUT2D eigenvalue weighted by atomic mass is 10.1. The molecule has 1 aliphatic heterocycles. The van der Waals surface area contributed by atoms with Crippen LogP contribution in [0.15, 0.2) is 30.3 Å². The smallest absolute Gasteiger partial charge is 0.273 e. The summed E-state index contributed by atoms with van der Waals surface area (Å²) in [7, 11) is 0. The van der Waals surface area contributed by atoms with Crippen molar-refractivity contribution < 1.29 is 19.2 Å². The van der Waals surface area contributed by atoms with Gasteiger partial charge in [-0.15, -0.1) is 0 Å². The molecule has 2 aromatic carbocycles. The van der Waals surface area contributed by atoms with Crippen LogP contribution in [0.2, 0.25) is 0 Å². The second kappa shape index (κ2) is 5.71. The third-order valence-corrected chi connectivity index (χ3v) is 4.78. The van der Waals surface area contributed by atoms with Gasteiger partial charge in [0.25, 0.3) is 11.6 Å². The minimum atomic E-state index is -0.509. The van der Waals surface area contributed by atoms with Crippen molar-refractivity contribution in [3.8, 4) is 11.5 Å². The molecule has 0 unspecified atom stereocenters. The normalized spacial score (nSPS) is 12.4. The number of nitrogens with one attached hydrogen (secondary N) is 1. The lowest BCUT2D eigenvalue weighted by Gasteiger charge is -2.05. The number of amides is 1. The van der Waals surface area contributed by atoms with Gasteiger partial charge in [-0.1, -0.05) is 17.4 Å². The monoisotopic (exact) mass is 357 g/mol. The Morgan fingerprint density at radius 2 is 2.08 bits per heavy atom. The summed E-state index contributed by atoms with van der Waals surface area (Å²) < 4.78 is 11.5. The number of anilines is 1. The number of rotatable bonds is 3. The van der Waals surface area contributed by atoms with Gasteiger partial charge in [-0.05, 0) is 13.0 Å². The van der Waals surface area contributed by atoms with Crippen LogP contribution in [-0.4, -0.2) is 22.6 Å². The average Bonchev–Trinajstić information content (AvgIpc) is 3.17. The largest absolute Gasteiger partial charge is 0.454 e. The van der Waals surface area contributed by atoms with Crippen molar-refractivity contribution in [2.24, 2.45) is 0 Å². The molecule has 0 saturated carbocycles. The average molecular weight is 357 g/mol. The summed E-state index contributed by atoms with van der Waals surface area (Å²) in [5.41, 5.74) is 1.14. The van der Waals surface area contributed by atoms with Crippen LogP contribution >= 0.6 is 11.3 Å². The maximum absolute atomic E-state index is 12.5. The number of ether oxygens (including phenoxy) is 2. The van der Waals surface area contributed by atoms with E-state index in [1.807, 2.05) is 6.07 Å². The van der Waals surface area contributed by atoms with E-state index < -0.39 is 10.8 Å². The van der Waals surface area contributed by atoms with Gasteiger partial charge < -0.3 is 9.47 Å². The van der Waals surface area contributed by atoms with E-state index >= 15 is 0 Å². The number of aromatic nitrogens is 1. The Bertz CT molecular complexity index is 989. The zero-order chi connectivity index (χ0) is 17.6. The van der Waals surface area contributed by atoms with E-state index in [1.54, 1.807) is 19.1 Å². The molecular weight excluding hydrogens is 346 g/mol. The zero-order valence-electron chi connectivity index (χ0n) is 12.9. The van der Waals surface area contributed by atoms with E-state index in [0.29, 0.717) is 27.7 Å². The van der Waals surface area contributed by atoms with Gasteiger partial charge in [0.05, 0.1) is 15.1 Å². The van der Waals surface area contributed by atoms with Crippen molar-refractivity contribution in [3.63, 3.8) is 0 Å². The standard InChI is InChI=1S/C16H11N3O5S/c1-8-9(3-2-4-11(8)19(21)22)15(20)18-16-17-10-5-12-13(24-7-23-12)6-14(10)25-16/h2-6H,7H2,1H3,(H,17,18,20). The SMILES string of the molecule is Cc1c(C(=O)Nc2nc3cc4c(cc3s2)OCO4)cccc1[N+](=O)[O-]. The highest BCUT2D eigenvalue weighted by atomic mass is 32.1. The number of carbonyl (C=O) groups is 1. The highest BCUT2D eigenvalue weighted by Gasteiger charge is 2.20. The summed E-state index contributed by atoms with van der Waals surface area (Å²) in [5, 5.41) is 14.1. The van der Waals surface area contributed by atoms with Gasteiger partial charge in [-0.2, -0.15) is 0 Å². The van der Waals surface area contributed by atoms with Crippen LogP contribution in [0.4, 0.5) is 10.8 Å². The van der Waals surface area contributed by atoms with Crippen molar-refractivity contribution in [2.75, 3.05) is 12.1 Å². The van der Waals surface area contributed by atoms with E-state index in [1.165, 1.54) is 23.5 Å². The Labute approximate surface area is 145 Å². The summed E-state index contributed by atoms with van der Waals surface area (Å²) in [6, 6.07) is 7.95. The fourth-order valence-electron chi connectivity index (χ4n) is 2.60. The van der Waals surface area contributed by atoms with E-state index in [0.717, 1.165) is 4.70 Å². The van der Waals surface area contributed by atoms with E-state index in [4.69, 9.17) is 9.47 Å². The molecule has 8 nitrogen and oxygen atoms in total. The van der Waals surface area contributed by atoms with E-state index in [9.17, 15) is 14.9 Å². The Balaban J connectivity index is 1.64. The van der Waals surface area contributed by atoms with Crippen LogP contribution in [0.1, 0.15) is 15.9 Å². The molecule has 0 saturated heterocycles. The van der Waals surface area contributed by atoms with Crippen LogP contribution in [0.25, 0.3) is 10.2 Å². The molecule has 1 amide bonds. The molecule has 1 aromatic heterocycles. The Kier molecular flexibility index (Phi) is 3.50. The van der Waals surface area contributed by atoms with Gasteiger partial charge in [-0.3, -0.25) is 20.2 Å². The minimum absolute atomic E-state index is 0.0947. The van der Waals surface area contributed by atoms with Gasteiger partial charge in [0, 0.05) is 29.3 Å². The molecule has 1 N–H and O–H groups in total. The molecule has 0 radical (unpaired) electrons. The third kappa shape index (κ3) is 2.64. The second-order valence-electron chi connectivity index (χ2n) is 5.35. The Morgan fingerprint density at radius 3 is 2.84 bits per heavy atom. The first-order chi connectivity index (χ1) is 12.0. The first kappa shape index (κ1) is 15.3. The molecule has 0 atom stereocenters. The minimum Gasteiger partial charge on any atom is -0.454 e. The molecule has 0 spiro atoms. The number of benzene rings is 2. The highest BCUT2D eigenvalue weighted by Crippen LogP contribution is 2.39. The predicted octanol–water partition coefficient (Wildman–Crippen LogP) is 3.49. The number of hydrogen-bond acceptors (Lipinski definition) is 7. The molecule has 0 fully saturated rings. The van der Waals surface area contributed by atoms with Gasteiger partial charge >= 0.3 is 0 Å². The number of nitro benzene ring substituents is 1. The molecule has 0 bridgehead atoms. The number of nitro groups is 1. The summed E-state index contributed by atoms with van der Waals surface area (Å²) >= 11 is 1.29. The molecule has 25 heavy (non-hydrogen) atoms. The molecule has 3 aromatic rings. The fourth-order valence-corrected chi connectivity index (χ4v) is 3.47. The number of hydrogen-bond donors (Lipinski definition) is 1. The first-order valence-corrected chi connectivity index (χ1v) is 8.10. The molecule has 9 heteroatoms. The van der Waals surface area contributed by atoms with Crippen LogP contribution in [0.5, 0.6) is 11.5 Å². The lowest BCUT2D eigenvalue weighted by Crippen LogP contribution is -2.13. The zero-order valence-corrected chi connectivity index (χ0v) is 13.8. The molecule has 0 aliphatic carbocycles. The molecule has 2 heterocycles. The van der Waals surface area contributed by atoms with Gasteiger partial charge in [0.1, 0.15) is 0 Å². The number of fused-ring (bicyclic) bond motifs is 2. The Hall–Kier alpha value is -3.20. The summed E-state index contributed by atoms with van der Waals surface area (Å²) in [4.78, 5) is 27.3. The Morgan fingerprint density at radius 1 is 1.32 bits per heavy atom. The van der Waals surface area contributed by atoms with Crippen molar-refractivity contribution in [1.82, 2.24) is 4.98 Å². The predicted molar refractivity (Wildman–Crippen MR) is 91.5 cm³/mol. The quantitative estimate of drug-likeness (QED) is 0.568. The maximum atomic E-state index is 12.5. The van der Waals surface area contributed by atoms with Crippen molar-refractivity contribution in [1.29, 1.82) is 0 Å². The van der Waals surface area contributed by atoms with Crippen molar-refractivity contribution in [3.05, 3.63) is 51.6 Å². The number of thiazole rings is 1. The van der Waals surface area contributed by atoms with Crippen molar-refractivity contribution in [2.45, 2.75) is 6.92 Å². The van der Waals surface area contributed by atoms with Crippen LogP contribution in [0, 0.1) is 17.0 Å². The van der Waals surface area contributed by atoms with Gasteiger partial charge in [0.2, 0.25) is 6.79 Å². The molecule has 4 rings (SSSR count). The van der Waals surface area contributed by atoms with Crippen LogP contribution in [0.3, 0.4) is 0 Å². The first-order valence-electron chi connectivity index (χ1n) is 7.28. The van der Waals surface area contributed by atoms with E-state index in [2.05, 4.69) is 10.3 Å². The summed E-state index contributed by atoms with van der Waals surface area (Å²) in [6.07, 6.45) is 0. The number of nitrogens with zero attached hydrogens (tertiary/aromatic N) is 2. The van der Waals surface area contributed by atoms with E-state index in [-0.39, 0.29) is 18.0 Å². The number of carbonyl (C=O) groups excluding carboxylic acids is 1. The molecule has 1 aliphatic rings.